The first-order valence-corrected chi connectivity index (χ1v) is 8.72. The number of hydrogen-bond donors (Lipinski definition) is 2. The van der Waals surface area contributed by atoms with Gasteiger partial charge in [0.05, 0.1) is 19.6 Å². The average Bonchev–Trinajstić information content (AvgIpc) is 2.62. The third-order valence-corrected chi connectivity index (χ3v) is 4.12. The second-order valence-corrected chi connectivity index (χ2v) is 6.28. The third kappa shape index (κ3) is 5.92. The number of nitrogens with one attached hydrogen (secondary N) is 2. The summed E-state index contributed by atoms with van der Waals surface area (Å²) in [6.45, 7) is 4.00. The fraction of sp³-hybridized carbons (Fsp3) is 0.333. The third-order valence-electron chi connectivity index (χ3n) is 4.12. The molecule has 2 amide bonds. The average molecular weight is 354 g/mol. The van der Waals surface area contributed by atoms with E-state index < -0.39 is 0 Å². The van der Waals surface area contributed by atoms with Gasteiger partial charge in [0.25, 0.3) is 0 Å². The fourth-order valence-electron chi connectivity index (χ4n) is 2.88. The van der Waals surface area contributed by atoms with Crippen LogP contribution in [-0.4, -0.2) is 25.5 Å². The summed E-state index contributed by atoms with van der Waals surface area (Å²) in [5.74, 6) is 0.570. The van der Waals surface area contributed by atoms with Crippen molar-refractivity contribution in [1.29, 1.82) is 0 Å². The SMILES string of the molecule is COc1ccc(C)cc1CCNC(=O)C[C@@H](NC(C)=O)c1ccccc1. The summed E-state index contributed by atoms with van der Waals surface area (Å²) in [7, 11) is 1.64. The van der Waals surface area contributed by atoms with Gasteiger partial charge in [0.15, 0.2) is 0 Å². The van der Waals surface area contributed by atoms with Crippen LogP contribution in [-0.2, 0) is 16.0 Å². The first-order chi connectivity index (χ1) is 12.5. The molecule has 2 aromatic rings. The molecule has 2 aromatic carbocycles. The highest BCUT2D eigenvalue weighted by atomic mass is 16.5. The molecule has 0 aromatic heterocycles. The number of hydrogen-bond acceptors (Lipinski definition) is 3. The molecular weight excluding hydrogens is 328 g/mol. The van der Waals surface area contributed by atoms with Crippen LogP contribution in [0, 0.1) is 6.92 Å². The van der Waals surface area contributed by atoms with Gasteiger partial charge in [0, 0.05) is 13.5 Å². The maximum atomic E-state index is 12.3. The molecule has 0 heterocycles. The summed E-state index contributed by atoms with van der Waals surface area (Å²) in [5.41, 5.74) is 3.13. The summed E-state index contributed by atoms with van der Waals surface area (Å²) in [6.07, 6.45) is 0.890. The standard InChI is InChI=1S/C21H26N2O3/c1-15-9-10-20(26-3)18(13-15)11-12-22-21(25)14-19(23-16(2)24)17-7-5-4-6-8-17/h4-10,13,19H,11-12,14H2,1-3H3,(H,22,25)(H,23,24)/t19-/m1/s1. The van der Waals surface area contributed by atoms with Crippen molar-refractivity contribution in [3.8, 4) is 5.75 Å². The van der Waals surface area contributed by atoms with Crippen LogP contribution in [0.4, 0.5) is 0 Å². The minimum absolute atomic E-state index is 0.0979. The number of methoxy groups -OCH3 is 1. The molecule has 0 aliphatic heterocycles. The molecule has 0 saturated heterocycles. The summed E-state index contributed by atoms with van der Waals surface area (Å²) in [5, 5.41) is 5.77. The molecule has 0 unspecified atom stereocenters. The van der Waals surface area contributed by atoms with Crippen LogP contribution in [0.5, 0.6) is 5.75 Å². The zero-order valence-electron chi connectivity index (χ0n) is 15.5. The van der Waals surface area contributed by atoms with E-state index >= 15 is 0 Å². The molecule has 1 atom stereocenters. The van der Waals surface area contributed by atoms with Gasteiger partial charge >= 0.3 is 0 Å². The van der Waals surface area contributed by atoms with Gasteiger partial charge in [-0.25, -0.2) is 0 Å². The Morgan fingerprint density at radius 3 is 2.50 bits per heavy atom. The number of carbonyl (C=O) groups is 2. The predicted molar refractivity (Wildman–Crippen MR) is 102 cm³/mol. The van der Waals surface area contributed by atoms with Crippen molar-refractivity contribution in [3.63, 3.8) is 0 Å². The van der Waals surface area contributed by atoms with Crippen LogP contribution in [0.2, 0.25) is 0 Å². The van der Waals surface area contributed by atoms with Gasteiger partial charge in [-0.15, -0.1) is 0 Å². The van der Waals surface area contributed by atoms with Crippen molar-refractivity contribution in [1.82, 2.24) is 10.6 Å². The quantitative estimate of drug-likeness (QED) is 0.766. The zero-order valence-corrected chi connectivity index (χ0v) is 15.5. The number of ether oxygens (including phenoxy) is 1. The van der Waals surface area contributed by atoms with Gasteiger partial charge in [-0.1, -0.05) is 48.0 Å². The van der Waals surface area contributed by atoms with E-state index in [1.54, 1.807) is 7.11 Å². The van der Waals surface area contributed by atoms with Crippen molar-refractivity contribution >= 4 is 11.8 Å². The number of carbonyl (C=O) groups excluding carboxylic acids is 2. The summed E-state index contributed by atoms with van der Waals surface area (Å²) < 4.78 is 5.36. The molecule has 0 bridgehead atoms. The van der Waals surface area contributed by atoms with Crippen molar-refractivity contribution in [3.05, 3.63) is 65.2 Å². The van der Waals surface area contributed by atoms with Crippen LogP contribution >= 0.6 is 0 Å². The lowest BCUT2D eigenvalue weighted by atomic mass is 10.0. The summed E-state index contributed by atoms with van der Waals surface area (Å²) >= 11 is 0. The molecule has 2 rings (SSSR count). The van der Waals surface area contributed by atoms with Gasteiger partial charge in [-0.05, 0) is 30.5 Å². The molecule has 0 fully saturated rings. The zero-order chi connectivity index (χ0) is 18.9. The first-order valence-electron chi connectivity index (χ1n) is 8.72. The Bertz CT molecular complexity index is 744. The van der Waals surface area contributed by atoms with E-state index in [9.17, 15) is 9.59 Å². The smallest absolute Gasteiger partial charge is 0.222 e. The minimum atomic E-state index is -0.331. The molecule has 2 N–H and O–H groups in total. The number of benzene rings is 2. The Morgan fingerprint density at radius 1 is 1.12 bits per heavy atom. The van der Waals surface area contributed by atoms with Crippen molar-refractivity contribution in [2.24, 2.45) is 0 Å². The Balaban J connectivity index is 1.92. The lowest BCUT2D eigenvalue weighted by Gasteiger charge is -2.18. The monoisotopic (exact) mass is 354 g/mol. The Labute approximate surface area is 154 Å². The number of aryl methyl sites for hydroxylation is 1. The topological polar surface area (TPSA) is 67.4 Å². The van der Waals surface area contributed by atoms with Crippen molar-refractivity contribution < 1.29 is 14.3 Å². The van der Waals surface area contributed by atoms with E-state index in [2.05, 4.69) is 16.7 Å². The van der Waals surface area contributed by atoms with Gasteiger partial charge < -0.3 is 15.4 Å². The normalized spacial score (nSPS) is 11.5. The fourth-order valence-corrected chi connectivity index (χ4v) is 2.88. The lowest BCUT2D eigenvalue weighted by molar-refractivity contribution is -0.122. The number of amides is 2. The Morgan fingerprint density at radius 2 is 1.85 bits per heavy atom. The van der Waals surface area contributed by atoms with E-state index in [1.807, 2.05) is 49.4 Å². The van der Waals surface area contributed by atoms with Crippen molar-refractivity contribution in [2.45, 2.75) is 32.7 Å². The highest BCUT2D eigenvalue weighted by Crippen LogP contribution is 2.20. The largest absolute Gasteiger partial charge is 0.496 e. The molecule has 0 radical (unpaired) electrons. The minimum Gasteiger partial charge on any atom is -0.496 e. The van der Waals surface area contributed by atoms with E-state index in [0.717, 1.165) is 22.4 Å². The second-order valence-electron chi connectivity index (χ2n) is 6.28. The highest BCUT2D eigenvalue weighted by Gasteiger charge is 2.16. The molecule has 138 valence electrons. The van der Waals surface area contributed by atoms with Crippen LogP contribution in [0.25, 0.3) is 0 Å². The second kappa shape index (κ2) is 9.61. The molecule has 5 nitrogen and oxygen atoms in total. The van der Waals surface area contributed by atoms with E-state index in [1.165, 1.54) is 6.92 Å². The molecule has 5 heteroatoms. The van der Waals surface area contributed by atoms with Crippen LogP contribution < -0.4 is 15.4 Å². The van der Waals surface area contributed by atoms with Gasteiger partial charge in [-0.2, -0.15) is 0 Å². The predicted octanol–water partition coefficient (Wildman–Crippen LogP) is 2.93. The van der Waals surface area contributed by atoms with Gasteiger partial charge in [0.2, 0.25) is 11.8 Å². The van der Waals surface area contributed by atoms with Crippen LogP contribution in [0.3, 0.4) is 0 Å². The lowest BCUT2D eigenvalue weighted by Crippen LogP contribution is -2.33. The number of rotatable bonds is 8. The Kier molecular flexibility index (Phi) is 7.21. The summed E-state index contributed by atoms with van der Waals surface area (Å²) in [4.78, 5) is 23.8. The van der Waals surface area contributed by atoms with E-state index in [4.69, 9.17) is 4.74 Å². The summed E-state index contributed by atoms with van der Waals surface area (Å²) in [6, 6.07) is 15.2. The molecule has 0 spiro atoms. The van der Waals surface area contributed by atoms with Gasteiger partial charge in [0.1, 0.15) is 5.75 Å². The van der Waals surface area contributed by atoms with Gasteiger partial charge in [-0.3, -0.25) is 9.59 Å². The van der Waals surface area contributed by atoms with E-state index in [0.29, 0.717) is 13.0 Å². The van der Waals surface area contributed by atoms with Crippen LogP contribution in [0.1, 0.15) is 36.1 Å². The van der Waals surface area contributed by atoms with E-state index in [-0.39, 0.29) is 24.3 Å². The molecular formula is C21H26N2O3. The van der Waals surface area contributed by atoms with Crippen molar-refractivity contribution in [2.75, 3.05) is 13.7 Å². The molecule has 26 heavy (non-hydrogen) atoms. The highest BCUT2D eigenvalue weighted by molar-refractivity contribution is 5.79. The Hall–Kier alpha value is -2.82. The molecule has 0 aliphatic rings. The maximum Gasteiger partial charge on any atom is 0.222 e. The van der Waals surface area contributed by atoms with Crippen LogP contribution in [0.15, 0.2) is 48.5 Å². The molecule has 0 aliphatic carbocycles. The molecule has 0 saturated carbocycles. The first kappa shape index (κ1) is 19.5. The maximum absolute atomic E-state index is 12.3.